The molecule has 2 rings (SSSR count). The minimum atomic E-state index is -3.27. The van der Waals surface area contributed by atoms with Gasteiger partial charge >= 0.3 is 0 Å². The molecule has 0 radical (unpaired) electrons. The predicted octanol–water partition coefficient (Wildman–Crippen LogP) is 0.733. The summed E-state index contributed by atoms with van der Waals surface area (Å²) < 4.78 is 33.7. The quantitative estimate of drug-likeness (QED) is 0.812. The maximum absolute atomic E-state index is 12.1. The van der Waals surface area contributed by atoms with Gasteiger partial charge in [0, 0.05) is 26.2 Å². The molecule has 17 heavy (non-hydrogen) atoms. The molecule has 2 aliphatic rings. The first-order valence-electron chi connectivity index (χ1n) is 6.51. The first kappa shape index (κ1) is 13.3. The van der Waals surface area contributed by atoms with Crippen molar-refractivity contribution in [2.75, 3.05) is 32.8 Å². The van der Waals surface area contributed by atoms with Crippen molar-refractivity contribution in [2.45, 2.75) is 32.1 Å². The fourth-order valence-electron chi connectivity index (χ4n) is 2.34. The Kier molecular flexibility index (Phi) is 4.78. The molecule has 0 spiro atoms. The van der Waals surface area contributed by atoms with Gasteiger partial charge in [0.1, 0.15) is 0 Å². The summed E-state index contributed by atoms with van der Waals surface area (Å²) in [6, 6.07) is 0. The van der Waals surface area contributed by atoms with Crippen LogP contribution in [0.15, 0.2) is 0 Å². The Balaban J connectivity index is 1.83. The summed E-state index contributed by atoms with van der Waals surface area (Å²) in [6.45, 7) is 3.28. The number of nitrogens with zero attached hydrogens (tertiary/aromatic N) is 1. The van der Waals surface area contributed by atoms with Crippen LogP contribution in [-0.4, -0.2) is 45.6 Å². The summed E-state index contributed by atoms with van der Waals surface area (Å²) in [7, 11) is -3.27. The number of ether oxygens (including phenoxy) is 1. The van der Waals surface area contributed by atoms with Crippen LogP contribution >= 0.6 is 0 Å². The minimum Gasteiger partial charge on any atom is -0.381 e. The molecule has 0 amide bonds. The van der Waals surface area contributed by atoms with Gasteiger partial charge in [-0.15, -0.1) is 0 Å². The molecule has 1 atom stereocenters. The van der Waals surface area contributed by atoms with Crippen molar-refractivity contribution < 1.29 is 13.2 Å². The Bertz CT molecular complexity index is 318. The highest BCUT2D eigenvalue weighted by Crippen LogP contribution is 2.14. The van der Waals surface area contributed by atoms with Gasteiger partial charge in [0.05, 0.1) is 6.61 Å². The van der Waals surface area contributed by atoms with Gasteiger partial charge in [-0.25, -0.2) is 4.72 Å². The predicted molar refractivity (Wildman–Crippen MR) is 65.9 cm³/mol. The Morgan fingerprint density at radius 2 is 1.88 bits per heavy atom. The van der Waals surface area contributed by atoms with Crippen molar-refractivity contribution in [2.24, 2.45) is 5.92 Å². The number of rotatable bonds is 4. The largest absolute Gasteiger partial charge is 0.381 e. The monoisotopic (exact) mass is 262 g/mol. The lowest BCUT2D eigenvalue weighted by molar-refractivity contribution is 0.186. The van der Waals surface area contributed by atoms with E-state index in [1.807, 2.05) is 0 Å². The highest BCUT2D eigenvalue weighted by molar-refractivity contribution is 7.87. The van der Waals surface area contributed by atoms with E-state index < -0.39 is 10.2 Å². The third-order valence-corrected chi connectivity index (χ3v) is 5.06. The third kappa shape index (κ3) is 3.91. The molecule has 2 saturated heterocycles. The van der Waals surface area contributed by atoms with Crippen LogP contribution in [0.3, 0.4) is 0 Å². The van der Waals surface area contributed by atoms with Gasteiger partial charge in [0.25, 0.3) is 10.2 Å². The lowest BCUT2D eigenvalue weighted by Gasteiger charge is -2.21. The summed E-state index contributed by atoms with van der Waals surface area (Å²) in [5.74, 6) is 0.344. The molecule has 0 aromatic carbocycles. The van der Waals surface area contributed by atoms with Crippen molar-refractivity contribution in [3.05, 3.63) is 0 Å². The summed E-state index contributed by atoms with van der Waals surface area (Å²) in [4.78, 5) is 0. The second-order valence-electron chi connectivity index (χ2n) is 4.90. The second kappa shape index (κ2) is 6.13. The topological polar surface area (TPSA) is 58.6 Å². The summed E-state index contributed by atoms with van der Waals surface area (Å²) in [5, 5.41) is 0. The smallest absolute Gasteiger partial charge is 0.279 e. The van der Waals surface area contributed by atoms with Crippen LogP contribution in [0, 0.1) is 5.92 Å². The van der Waals surface area contributed by atoms with E-state index in [4.69, 9.17) is 4.74 Å². The lowest BCUT2D eigenvalue weighted by atomic mass is 10.1. The van der Waals surface area contributed by atoms with Gasteiger partial charge in [0.15, 0.2) is 0 Å². The summed E-state index contributed by atoms with van der Waals surface area (Å²) in [5.41, 5.74) is 0. The summed E-state index contributed by atoms with van der Waals surface area (Å²) in [6.07, 6.45) is 5.20. The Hall–Kier alpha value is -0.170. The molecule has 6 heteroatoms. The maximum Gasteiger partial charge on any atom is 0.279 e. The Morgan fingerprint density at radius 3 is 2.47 bits per heavy atom. The van der Waals surface area contributed by atoms with E-state index in [0.717, 1.165) is 38.7 Å². The van der Waals surface area contributed by atoms with Gasteiger partial charge in [-0.1, -0.05) is 12.8 Å². The molecule has 2 fully saturated rings. The van der Waals surface area contributed by atoms with Gasteiger partial charge in [0.2, 0.25) is 0 Å². The van der Waals surface area contributed by atoms with Crippen molar-refractivity contribution in [3.63, 3.8) is 0 Å². The number of nitrogens with one attached hydrogen (secondary N) is 1. The number of hydrogen-bond donors (Lipinski definition) is 1. The van der Waals surface area contributed by atoms with Gasteiger partial charge in [-0.2, -0.15) is 12.7 Å². The molecule has 0 aromatic rings. The van der Waals surface area contributed by atoms with E-state index in [1.165, 1.54) is 0 Å². The third-order valence-electron chi connectivity index (χ3n) is 3.48. The molecule has 0 saturated carbocycles. The normalized spacial score (nSPS) is 28.1. The highest BCUT2D eigenvalue weighted by Gasteiger charge is 2.24. The lowest BCUT2D eigenvalue weighted by Crippen LogP contribution is -2.43. The van der Waals surface area contributed by atoms with E-state index in [0.29, 0.717) is 32.2 Å². The molecule has 100 valence electrons. The molecule has 2 aliphatic heterocycles. The highest BCUT2D eigenvalue weighted by atomic mass is 32.2. The average Bonchev–Trinajstić information content (AvgIpc) is 2.66. The van der Waals surface area contributed by atoms with Gasteiger partial charge in [-0.3, -0.25) is 0 Å². The molecule has 1 N–H and O–H groups in total. The molecule has 5 nitrogen and oxygen atoms in total. The van der Waals surface area contributed by atoms with Crippen LogP contribution in [0.4, 0.5) is 0 Å². The van der Waals surface area contributed by atoms with E-state index >= 15 is 0 Å². The van der Waals surface area contributed by atoms with Crippen LogP contribution in [0.2, 0.25) is 0 Å². The van der Waals surface area contributed by atoms with Crippen molar-refractivity contribution in [1.29, 1.82) is 0 Å². The van der Waals surface area contributed by atoms with Crippen LogP contribution in [0.1, 0.15) is 32.1 Å². The molecule has 0 aromatic heterocycles. The first-order valence-corrected chi connectivity index (χ1v) is 7.95. The molecule has 0 aliphatic carbocycles. The van der Waals surface area contributed by atoms with E-state index in [-0.39, 0.29) is 0 Å². The summed E-state index contributed by atoms with van der Waals surface area (Å²) >= 11 is 0. The van der Waals surface area contributed by atoms with Gasteiger partial charge < -0.3 is 4.74 Å². The van der Waals surface area contributed by atoms with Gasteiger partial charge in [-0.05, 0) is 25.2 Å². The van der Waals surface area contributed by atoms with E-state index in [2.05, 4.69) is 4.72 Å². The average molecular weight is 262 g/mol. The molecular formula is C11H22N2O3S. The molecule has 1 unspecified atom stereocenters. The van der Waals surface area contributed by atoms with Crippen LogP contribution in [0.5, 0.6) is 0 Å². The fraction of sp³-hybridized carbons (Fsp3) is 1.00. The van der Waals surface area contributed by atoms with Crippen molar-refractivity contribution in [3.8, 4) is 0 Å². The fourth-order valence-corrected chi connectivity index (χ4v) is 3.71. The van der Waals surface area contributed by atoms with E-state index in [1.54, 1.807) is 4.31 Å². The maximum atomic E-state index is 12.1. The molecule has 2 heterocycles. The second-order valence-corrected chi connectivity index (χ2v) is 6.65. The van der Waals surface area contributed by atoms with E-state index in [9.17, 15) is 8.42 Å². The van der Waals surface area contributed by atoms with Crippen molar-refractivity contribution in [1.82, 2.24) is 9.03 Å². The zero-order valence-electron chi connectivity index (χ0n) is 10.2. The minimum absolute atomic E-state index is 0.344. The first-order chi connectivity index (χ1) is 8.18. The Morgan fingerprint density at radius 1 is 1.18 bits per heavy atom. The van der Waals surface area contributed by atoms with Crippen LogP contribution in [0.25, 0.3) is 0 Å². The molecular weight excluding hydrogens is 240 g/mol. The SMILES string of the molecule is O=S(=O)(NCC1CCOC1)N1CCCCCC1. The van der Waals surface area contributed by atoms with Crippen LogP contribution < -0.4 is 4.72 Å². The Labute approximate surface area is 104 Å². The molecule has 0 bridgehead atoms. The zero-order valence-corrected chi connectivity index (χ0v) is 11.0. The standard InChI is InChI=1S/C11H22N2O3S/c14-17(15,12-9-11-5-8-16-10-11)13-6-3-1-2-4-7-13/h11-12H,1-10H2. The number of hydrogen-bond acceptors (Lipinski definition) is 3. The zero-order chi connectivity index (χ0) is 12.1. The van der Waals surface area contributed by atoms with Crippen molar-refractivity contribution >= 4 is 10.2 Å². The van der Waals surface area contributed by atoms with Crippen LogP contribution in [-0.2, 0) is 14.9 Å².